The molecule has 0 fully saturated rings. The Labute approximate surface area is 158 Å². The molecule has 7 heteroatoms. The van der Waals surface area contributed by atoms with Gasteiger partial charge in [-0.05, 0) is 19.4 Å². The second-order valence-electron chi connectivity index (χ2n) is 4.42. The first-order chi connectivity index (χ1) is 10.0. The van der Waals surface area contributed by atoms with Crippen LogP contribution in [0.25, 0.3) is 5.32 Å². The van der Waals surface area contributed by atoms with Gasteiger partial charge in [0.05, 0.1) is 6.61 Å². The third-order valence-corrected chi connectivity index (χ3v) is 2.58. The summed E-state index contributed by atoms with van der Waals surface area (Å²) in [6.07, 6.45) is -0.311. The van der Waals surface area contributed by atoms with Crippen molar-refractivity contribution in [1.29, 1.82) is 0 Å². The molecule has 0 aliphatic rings. The predicted octanol–water partition coefficient (Wildman–Crippen LogP) is 3.06. The molecule has 1 rings (SSSR count). The van der Waals surface area contributed by atoms with Gasteiger partial charge in [0.1, 0.15) is 6.61 Å². The maximum absolute atomic E-state index is 11.6. The summed E-state index contributed by atoms with van der Waals surface area (Å²) in [4.78, 5) is 16.6. The summed E-state index contributed by atoms with van der Waals surface area (Å²) in [7, 11) is 3.44. The van der Waals surface area contributed by atoms with E-state index in [2.05, 4.69) is 10.2 Å². The van der Waals surface area contributed by atoms with Gasteiger partial charge in [-0.3, -0.25) is 5.26 Å². The largest absolute Gasteiger partial charge is 0.664 e. The zero-order chi connectivity index (χ0) is 16.1. The number of nitrogens with zero attached hydrogens (tertiary/aromatic N) is 2. The van der Waals surface area contributed by atoms with Gasteiger partial charge in [0.25, 0.3) is 0 Å². The third kappa shape index (κ3) is 12.1. The van der Waals surface area contributed by atoms with Gasteiger partial charge in [-0.25, -0.2) is 9.68 Å². The number of carbonyl (C=O) groups is 1. The van der Waals surface area contributed by atoms with E-state index in [9.17, 15) is 4.79 Å². The van der Waals surface area contributed by atoms with Crippen molar-refractivity contribution in [3.8, 4) is 0 Å². The minimum Gasteiger partial charge on any atom is -0.664 e. The summed E-state index contributed by atoms with van der Waals surface area (Å²) in [5.74, 6) is 0. The molecule has 0 bridgehead atoms. The van der Waals surface area contributed by atoms with Gasteiger partial charge in [0.15, 0.2) is 0 Å². The molecule has 0 saturated carbocycles. The quantitative estimate of drug-likeness (QED) is 0.603. The zero-order valence-corrected chi connectivity index (χ0v) is 16.6. The Kier molecular flexibility index (Phi) is 16.6. The second kappa shape index (κ2) is 15.4. The Bertz CT molecular complexity index is 386. The van der Waals surface area contributed by atoms with E-state index >= 15 is 0 Å². The van der Waals surface area contributed by atoms with Crippen molar-refractivity contribution in [1.82, 2.24) is 4.90 Å². The summed E-state index contributed by atoms with van der Waals surface area (Å²) < 4.78 is 5.17. The molecule has 0 saturated heterocycles. The van der Waals surface area contributed by atoms with E-state index in [1.165, 1.54) is 10.5 Å². The van der Waals surface area contributed by atoms with E-state index < -0.39 is 0 Å². The molecule has 0 heterocycles. The van der Waals surface area contributed by atoms with Crippen molar-refractivity contribution in [3.05, 3.63) is 40.7 Å². The number of carbonyl (C=O) groups excluding carboxylic acids is 1. The summed E-state index contributed by atoms with van der Waals surface area (Å²) in [5.41, 5.74) is 2.19. The smallest absolute Gasteiger partial charge is 0.409 e. The van der Waals surface area contributed by atoms with Crippen LogP contribution in [0.5, 0.6) is 0 Å². The second-order valence-corrected chi connectivity index (χ2v) is 4.42. The number of likely N-dealkylation sites (N-methyl/N-ethyl adjacent to an activating group) is 2. The topological polar surface area (TPSA) is 73.1 Å². The van der Waals surface area contributed by atoms with Gasteiger partial charge in [0, 0.05) is 46.3 Å². The number of hydrogen-bond donors (Lipinski definition) is 1. The van der Waals surface area contributed by atoms with Crippen LogP contribution in [0.4, 0.5) is 4.79 Å². The van der Waals surface area contributed by atoms with Crippen LogP contribution in [-0.2, 0) is 48.9 Å². The fraction of sp³-hybridized carbons (Fsp3) is 0.533. The summed E-state index contributed by atoms with van der Waals surface area (Å²) in [6, 6.07) is 7.93. The maximum Gasteiger partial charge on any atom is 0.409 e. The molecular weight excluding hydrogens is 361 g/mol. The Morgan fingerprint density at radius 1 is 1.32 bits per heavy atom. The number of hydrogen-bond acceptors (Lipinski definition) is 4. The molecule has 1 amide bonds. The summed E-state index contributed by atoms with van der Waals surface area (Å²) in [6.45, 7) is 5.64. The molecule has 1 N–H and O–H groups in total. The molecule has 0 aromatic heterocycles. The normalized spacial score (nSPS) is 9.14. The first kappa shape index (κ1) is 23.7. The van der Waals surface area contributed by atoms with Gasteiger partial charge in [-0.1, -0.05) is 29.8 Å². The Morgan fingerprint density at radius 2 is 1.86 bits per heavy atom. The van der Waals surface area contributed by atoms with Crippen LogP contribution in [0, 0.1) is 6.92 Å². The van der Waals surface area contributed by atoms with E-state index in [0.717, 1.165) is 5.56 Å². The van der Waals surface area contributed by atoms with Crippen molar-refractivity contribution in [2.45, 2.75) is 20.5 Å². The molecular formula is C15H25N2O4Y-. The van der Waals surface area contributed by atoms with Crippen LogP contribution in [0.1, 0.15) is 18.1 Å². The molecule has 1 radical (unpaired) electrons. The maximum atomic E-state index is 11.6. The Balaban J connectivity index is 0. The fourth-order valence-electron chi connectivity index (χ4n) is 1.28. The third-order valence-electron chi connectivity index (χ3n) is 2.58. The van der Waals surface area contributed by atoms with Gasteiger partial charge in [0.2, 0.25) is 0 Å². The van der Waals surface area contributed by atoms with Crippen molar-refractivity contribution >= 4 is 6.09 Å². The minimum atomic E-state index is -0.311. The molecule has 6 nitrogen and oxygen atoms in total. The van der Waals surface area contributed by atoms with Crippen molar-refractivity contribution < 1.29 is 52.4 Å². The first-order valence-corrected chi connectivity index (χ1v) is 6.80. The SMILES string of the molecule is CCOO.C[N-]CCN(C)C(=O)OCc1ccc(C)cc1.[Y]. The number of amides is 1. The molecule has 0 atom stereocenters. The van der Waals surface area contributed by atoms with Crippen LogP contribution in [0.15, 0.2) is 24.3 Å². The van der Waals surface area contributed by atoms with Crippen molar-refractivity contribution in [3.63, 3.8) is 0 Å². The van der Waals surface area contributed by atoms with E-state index in [-0.39, 0.29) is 38.8 Å². The van der Waals surface area contributed by atoms with Gasteiger partial charge in [-0.2, -0.15) is 7.05 Å². The number of rotatable bonds is 6. The molecule has 1 aromatic carbocycles. The standard InChI is InChI=1S/C13H19N2O2.C2H6O2.Y/c1-11-4-6-12(7-5-11)10-17-13(16)15(3)9-8-14-2;1-2-4-3;/h4-7H,8-10H2,1-3H3;3H,2H2,1H3;/q-1;;. The average molecular weight is 386 g/mol. The minimum absolute atomic E-state index is 0. The predicted molar refractivity (Wildman–Crippen MR) is 82.4 cm³/mol. The zero-order valence-electron chi connectivity index (χ0n) is 13.8. The number of benzene rings is 1. The molecule has 0 spiro atoms. The molecule has 1 aromatic rings. The van der Waals surface area contributed by atoms with Crippen molar-refractivity contribution in [2.24, 2.45) is 0 Å². The van der Waals surface area contributed by atoms with E-state index in [0.29, 0.717) is 26.3 Å². The first-order valence-electron chi connectivity index (χ1n) is 6.80. The molecule has 22 heavy (non-hydrogen) atoms. The average Bonchev–Trinajstić information content (AvgIpc) is 2.51. The van der Waals surface area contributed by atoms with Gasteiger partial charge < -0.3 is 15.0 Å². The van der Waals surface area contributed by atoms with E-state index in [1.807, 2.05) is 31.2 Å². The molecule has 0 unspecified atom stereocenters. The van der Waals surface area contributed by atoms with E-state index in [4.69, 9.17) is 9.99 Å². The van der Waals surface area contributed by atoms with E-state index in [1.54, 1.807) is 21.0 Å². The van der Waals surface area contributed by atoms with Gasteiger partial charge in [-0.15, -0.1) is 6.54 Å². The monoisotopic (exact) mass is 386 g/mol. The fourth-order valence-corrected chi connectivity index (χ4v) is 1.28. The molecule has 0 aliphatic carbocycles. The molecule has 0 aliphatic heterocycles. The van der Waals surface area contributed by atoms with Crippen LogP contribution >= 0.6 is 0 Å². The summed E-state index contributed by atoms with van der Waals surface area (Å²) in [5, 5.41) is 11.3. The molecule has 123 valence electrons. The van der Waals surface area contributed by atoms with Crippen LogP contribution < -0.4 is 0 Å². The van der Waals surface area contributed by atoms with Gasteiger partial charge >= 0.3 is 6.09 Å². The number of aryl methyl sites for hydroxylation is 1. The number of ether oxygens (including phenoxy) is 1. The Hall–Kier alpha value is -0.526. The summed E-state index contributed by atoms with van der Waals surface area (Å²) >= 11 is 0. The Morgan fingerprint density at radius 3 is 2.32 bits per heavy atom. The van der Waals surface area contributed by atoms with Crippen LogP contribution in [0.3, 0.4) is 0 Å². The van der Waals surface area contributed by atoms with Crippen LogP contribution in [-0.4, -0.2) is 50.0 Å². The van der Waals surface area contributed by atoms with Crippen LogP contribution in [0.2, 0.25) is 0 Å². The van der Waals surface area contributed by atoms with Crippen molar-refractivity contribution in [2.75, 3.05) is 33.8 Å².